The van der Waals surface area contributed by atoms with E-state index in [4.69, 9.17) is 13.3 Å². The lowest BCUT2D eigenvalue weighted by Crippen LogP contribution is -2.10. The first-order valence-electron chi connectivity index (χ1n) is 21.1. The van der Waals surface area contributed by atoms with Crippen molar-refractivity contribution in [1.29, 1.82) is 0 Å². The van der Waals surface area contributed by atoms with Gasteiger partial charge < -0.3 is 18.2 Å². The summed E-state index contributed by atoms with van der Waals surface area (Å²) in [5.74, 6) is 0.175. The molecule has 288 valence electrons. The third-order valence-electron chi connectivity index (χ3n) is 12.9. The molecule has 1 aliphatic carbocycles. The van der Waals surface area contributed by atoms with Crippen LogP contribution in [0.25, 0.3) is 88.1 Å². The first kappa shape index (κ1) is 34.1. The Balaban J connectivity index is 0.974. The minimum Gasteiger partial charge on any atom is -0.456 e. The highest BCUT2D eigenvalue weighted by Crippen LogP contribution is 2.52. The van der Waals surface area contributed by atoms with E-state index >= 15 is 0 Å². The standard InChI is InChI=1S/C57H37NO3/c1-2-13-37(14-3-1)58(39-30-32-52-48(34-39)43-17-7-9-22-49(43)59-52)38-28-25-35(26-29-38)40-31-27-36-33-53-55(46-19-8-11-24-51(46)60-53)56(54(36)44-18-5-4-15-41(40)44)47-21-12-20-45-42-16-6-10-23-50(42)61-57(45)47/h1-26,28-30,32-34,40H,27,31H2. The second-order valence-corrected chi connectivity index (χ2v) is 16.3. The number of para-hydroxylation sites is 5. The van der Waals surface area contributed by atoms with Gasteiger partial charge in [-0.05, 0) is 107 Å². The van der Waals surface area contributed by atoms with Gasteiger partial charge in [0.2, 0.25) is 0 Å². The van der Waals surface area contributed by atoms with Crippen LogP contribution >= 0.6 is 0 Å². The number of fused-ring (bicyclic) bond motifs is 12. The van der Waals surface area contributed by atoms with Crippen molar-refractivity contribution in [3.05, 3.63) is 211 Å². The van der Waals surface area contributed by atoms with Crippen molar-refractivity contribution in [2.24, 2.45) is 0 Å². The molecule has 12 aromatic rings. The molecule has 0 N–H and O–H groups in total. The van der Waals surface area contributed by atoms with Crippen LogP contribution in [0.2, 0.25) is 0 Å². The van der Waals surface area contributed by atoms with Gasteiger partial charge >= 0.3 is 0 Å². The number of hydrogen-bond donors (Lipinski definition) is 0. The summed E-state index contributed by atoms with van der Waals surface area (Å²) in [4.78, 5) is 2.34. The van der Waals surface area contributed by atoms with Crippen LogP contribution in [0.15, 0.2) is 207 Å². The highest BCUT2D eigenvalue weighted by molar-refractivity contribution is 6.21. The van der Waals surface area contributed by atoms with E-state index in [1.54, 1.807) is 0 Å². The average molecular weight is 784 g/mol. The minimum absolute atomic E-state index is 0.175. The summed E-state index contributed by atoms with van der Waals surface area (Å²) >= 11 is 0. The van der Waals surface area contributed by atoms with Crippen LogP contribution in [0, 0.1) is 0 Å². The van der Waals surface area contributed by atoms with Gasteiger partial charge in [-0.15, -0.1) is 0 Å². The first-order chi connectivity index (χ1) is 30.2. The number of rotatable bonds is 5. The summed E-state index contributed by atoms with van der Waals surface area (Å²) < 4.78 is 19.7. The minimum atomic E-state index is 0.175. The average Bonchev–Trinajstić information content (AvgIpc) is 3.97. The number of hydrogen-bond acceptors (Lipinski definition) is 4. The van der Waals surface area contributed by atoms with Gasteiger partial charge in [0.15, 0.2) is 0 Å². The molecule has 0 saturated heterocycles. The van der Waals surface area contributed by atoms with Crippen LogP contribution < -0.4 is 4.90 Å². The Morgan fingerprint density at radius 2 is 0.984 bits per heavy atom. The number of furan rings is 3. The fraction of sp³-hybridized carbons (Fsp3) is 0.0526. The van der Waals surface area contributed by atoms with Crippen molar-refractivity contribution < 1.29 is 13.3 Å². The van der Waals surface area contributed by atoms with E-state index in [0.29, 0.717) is 0 Å². The van der Waals surface area contributed by atoms with E-state index < -0.39 is 0 Å². The van der Waals surface area contributed by atoms with Crippen molar-refractivity contribution >= 4 is 82.9 Å². The Morgan fingerprint density at radius 3 is 1.80 bits per heavy atom. The molecule has 0 bridgehead atoms. The monoisotopic (exact) mass is 783 g/mol. The molecule has 0 radical (unpaired) electrons. The van der Waals surface area contributed by atoms with Crippen LogP contribution in [-0.2, 0) is 6.42 Å². The third kappa shape index (κ3) is 5.25. The zero-order valence-corrected chi connectivity index (χ0v) is 33.1. The van der Waals surface area contributed by atoms with Crippen LogP contribution in [0.5, 0.6) is 0 Å². The molecule has 0 amide bonds. The first-order valence-corrected chi connectivity index (χ1v) is 21.1. The molecule has 0 spiro atoms. The van der Waals surface area contributed by atoms with Gasteiger partial charge in [-0.1, -0.05) is 127 Å². The molecule has 1 atom stereocenters. The fourth-order valence-corrected chi connectivity index (χ4v) is 10.2. The second-order valence-electron chi connectivity index (χ2n) is 16.3. The van der Waals surface area contributed by atoms with Crippen molar-refractivity contribution in [2.45, 2.75) is 18.8 Å². The molecule has 0 aliphatic heterocycles. The van der Waals surface area contributed by atoms with Crippen LogP contribution in [0.4, 0.5) is 17.1 Å². The van der Waals surface area contributed by atoms with E-state index in [1.165, 1.54) is 33.4 Å². The lowest BCUT2D eigenvalue weighted by Gasteiger charge is -2.26. The molecule has 61 heavy (non-hydrogen) atoms. The highest BCUT2D eigenvalue weighted by Gasteiger charge is 2.30. The van der Waals surface area contributed by atoms with E-state index in [1.807, 2.05) is 18.2 Å². The maximum atomic E-state index is 6.77. The van der Waals surface area contributed by atoms with E-state index in [-0.39, 0.29) is 5.92 Å². The largest absolute Gasteiger partial charge is 0.456 e. The third-order valence-corrected chi connectivity index (χ3v) is 12.9. The molecule has 1 aliphatic rings. The predicted octanol–water partition coefficient (Wildman–Crippen LogP) is 16.3. The summed E-state index contributed by atoms with van der Waals surface area (Å²) in [6.07, 6.45) is 1.84. The molecule has 0 saturated carbocycles. The Labute approximate surface area is 351 Å². The summed E-state index contributed by atoms with van der Waals surface area (Å²) in [6, 6.07) is 69.4. The van der Waals surface area contributed by atoms with Crippen LogP contribution in [0.3, 0.4) is 0 Å². The fourth-order valence-electron chi connectivity index (χ4n) is 10.2. The topological polar surface area (TPSA) is 42.7 Å². The SMILES string of the molecule is c1ccc(N(c2ccc(C3CCc4cc5oc6ccccc6c5c(-c5cccc6c5oc5ccccc56)c4-c4ccccc43)cc2)c2ccc3oc4ccccc4c3c2)cc1. The summed E-state index contributed by atoms with van der Waals surface area (Å²) in [6.45, 7) is 0. The molecule has 9 aromatic carbocycles. The normalized spacial score (nSPS) is 13.9. The molecular formula is C57H37NO3. The highest BCUT2D eigenvalue weighted by atomic mass is 16.3. The Kier molecular flexibility index (Phi) is 7.46. The smallest absolute Gasteiger partial charge is 0.143 e. The Bertz CT molecular complexity index is 3660. The van der Waals surface area contributed by atoms with Gasteiger partial charge in [0.1, 0.15) is 33.5 Å². The van der Waals surface area contributed by atoms with Crippen LogP contribution in [-0.4, -0.2) is 0 Å². The van der Waals surface area contributed by atoms with Crippen molar-refractivity contribution in [3.63, 3.8) is 0 Å². The van der Waals surface area contributed by atoms with E-state index in [2.05, 4.69) is 181 Å². The van der Waals surface area contributed by atoms with E-state index in [9.17, 15) is 0 Å². The number of aryl methyl sites for hydroxylation is 1. The Hall–Kier alpha value is -7.82. The summed E-state index contributed by atoms with van der Waals surface area (Å²) in [5, 5.41) is 6.71. The van der Waals surface area contributed by atoms with Gasteiger partial charge in [0.05, 0.1) is 0 Å². The van der Waals surface area contributed by atoms with Gasteiger partial charge in [-0.2, -0.15) is 0 Å². The van der Waals surface area contributed by atoms with Gasteiger partial charge in [0.25, 0.3) is 0 Å². The predicted molar refractivity (Wildman–Crippen MR) is 250 cm³/mol. The van der Waals surface area contributed by atoms with Gasteiger partial charge in [-0.25, -0.2) is 0 Å². The van der Waals surface area contributed by atoms with Gasteiger partial charge in [-0.3, -0.25) is 0 Å². The number of benzene rings is 9. The maximum Gasteiger partial charge on any atom is 0.143 e. The number of anilines is 3. The molecular weight excluding hydrogens is 747 g/mol. The molecule has 4 nitrogen and oxygen atoms in total. The molecule has 13 rings (SSSR count). The lowest BCUT2D eigenvalue weighted by atomic mass is 9.83. The van der Waals surface area contributed by atoms with Crippen LogP contribution in [0.1, 0.15) is 29.0 Å². The maximum absolute atomic E-state index is 6.77. The molecule has 3 aromatic heterocycles. The second kappa shape index (κ2) is 13.4. The van der Waals surface area contributed by atoms with Crippen molar-refractivity contribution in [1.82, 2.24) is 0 Å². The summed E-state index contributed by atoms with van der Waals surface area (Å²) in [5.41, 5.74) is 17.4. The zero-order chi connectivity index (χ0) is 40.0. The molecule has 1 unspecified atom stereocenters. The molecule has 3 heterocycles. The molecule has 4 heteroatoms. The number of nitrogens with zero attached hydrogens (tertiary/aromatic N) is 1. The quantitative estimate of drug-likeness (QED) is 0.174. The van der Waals surface area contributed by atoms with Crippen molar-refractivity contribution in [3.8, 4) is 22.3 Å². The zero-order valence-electron chi connectivity index (χ0n) is 33.1. The lowest BCUT2D eigenvalue weighted by molar-refractivity contribution is 0.667. The van der Waals surface area contributed by atoms with Gasteiger partial charge in [0, 0.05) is 66.4 Å². The van der Waals surface area contributed by atoms with E-state index in [0.717, 1.165) is 101 Å². The van der Waals surface area contributed by atoms with Crippen molar-refractivity contribution in [2.75, 3.05) is 4.90 Å². The summed E-state index contributed by atoms with van der Waals surface area (Å²) in [7, 11) is 0. The molecule has 0 fully saturated rings. The Morgan fingerprint density at radius 1 is 0.393 bits per heavy atom.